The lowest BCUT2D eigenvalue weighted by Crippen LogP contribution is -2.54. The number of rotatable bonds is 10. The van der Waals surface area contributed by atoms with Crippen LogP contribution in [0.4, 0.5) is 22.0 Å². The lowest BCUT2D eigenvalue weighted by atomic mass is 9.78. The van der Waals surface area contributed by atoms with Gasteiger partial charge < -0.3 is 24.6 Å². The van der Waals surface area contributed by atoms with Gasteiger partial charge in [-0.3, -0.25) is 0 Å². The molecule has 1 saturated carbocycles. The Morgan fingerprint density at radius 1 is 1.13 bits per heavy atom. The molecule has 0 bridgehead atoms. The van der Waals surface area contributed by atoms with Crippen LogP contribution >= 0.6 is 10.9 Å². The van der Waals surface area contributed by atoms with Crippen molar-refractivity contribution < 1.29 is 46.5 Å². The summed E-state index contributed by atoms with van der Waals surface area (Å²) in [4.78, 5) is 0. The van der Waals surface area contributed by atoms with E-state index in [9.17, 15) is 37.3 Å². The first-order valence-corrected chi connectivity index (χ1v) is 16.8. The van der Waals surface area contributed by atoms with Crippen molar-refractivity contribution in [2.24, 2.45) is 0 Å². The smallest absolute Gasteiger partial charge is 0.248 e. The predicted octanol–water partition coefficient (Wildman–Crippen LogP) is 4.84. The van der Waals surface area contributed by atoms with Crippen molar-refractivity contribution in [3.8, 4) is 11.3 Å². The van der Waals surface area contributed by atoms with Crippen LogP contribution in [0.5, 0.6) is 0 Å². The van der Waals surface area contributed by atoms with Gasteiger partial charge in [0.25, 0.3) is 0 Å². The second-order valence-corrected chi connectivity index (χ2v) is 14.5. The van der Waals surface area contributed by atoms with E-state index in [0.29, 0.717) is 24.3 Å². The molecule has 0 spiro atoms. The van der Waals surface area contributed by atoms with Gasteiger partial charge in [-0.15, -0.1) is 5.10 Å². The second kappa shape index (κ2) is 13.3. The molecule has 0 amide bonds. The third-order valence-electron chi connectivity index (χ3n) is 9.20. The second-order valence-electron chi connectivity index (χ2n) is 12.0. The summed E-state index contributed by atoms with van der Waals surface area (Å²) in [5.41, 5.74) is -0.417. The Morgan fingerprint density at radius 3 is 2.38 bits per heavy atom. The van der Waals surface area contributed by atoms with Crippen molar-refractivity contribution in [2.45, 2.75) is 99.1 Å². The third-order valence-corrected chi connectivity index (χ3v) is 12.7. The summed E-state index contributed by atoms with van der Waals surface area (Å²) >= 11 is 0. The predicted molar refractivity (Wildman–Crippen MR) is 157 cm³/mol. The normalized spacial score (nSPS) is 27.8. The summed E-state index contributed by atoms with van der Waals surface area (Å²) in [5.74, 6) is -6.46. The average Bonchev–Trinajstić information content (AvgIpc) is 3.65. The first kappa shape index (κ1) is 33.8. The molecule has 15 heteroatoms. The fourth-order valence-electron chi connectivity index (χ4n) is 6.82. The van der Waals surface area contributed by atoms with Gasteiger partial charge in [0.15, 0.2) is 17.5 Å². The number of halogens is 5. The number of methoxy groups -OCH3 is 1. The summed E-state index contributed by atoms with van der Waals surface area (Å²) in [5, 5.41) is 45.4. The van der Waals surface area contributed by atoms with Crippen LogP contribution in [0.1, 0.15) is 74.3 Å². The van der Waals surface area contributed by atoms with Crippen molar-refractivity contribution in [1.29, 1.82) is 0 Å². The molecule has 0 radical (unpaired) electrons. The molecular formula is C30H39F5N4O5S. The number of hydrogen-bond acceptors (Lipinski definition) is 8. The van der Waals surface area contributed by atoms with Crippen LogP contribution in [0, 0.1) is 17.5 Å². The molecule has 3 heterocycles. The fourth-order valence-corrected chi connectivity index (χ4v) is 10.6. The molecule has 1 unspecified atom stereocenters. The molecule has 6 atom stereocenters. The molecule has 2 aromatic heterocycles. The number of thiol groups is 1. The van der Waals surface area contributed by atoms with E-state index >= 15 is 0 Å². The van der Waals surface area contributed by atoms with E-state index in [2.05, 4.69) is 15.5 Å². The van der Waals surface area contributed by atoms with Gasteiger partial charge in [-0.05, 0) is 37.8 Å². The van der Waals surface area contributed by atoms with E-state index in [-0.39, 0.29) is 29.9 Å². The molecule has 3 aromatic rings. The maximum Gasteiger partial charge on any atom is 0.248 e. The number of aliphatic hydroxyl groups excluding tert-OH is 2. The molecular weight excluding hydrogens is 623 g/mol. The topological polar surface area (TPSA) is 127 Å². The van der Waals surface area contributed by atoms with Crippen LogP contribution in [0.25, 0.3) is 11.3 Å². The van der Waals surface area contributed by atoms with Crippen molar-refractivity contribution >= 4 is 10.9 Å². The van der Waals surface area contributed by atoms with E-state index in [1.807, 2.05) is 13.8 Å². The zero-order chi connectivity index (χ0) is 32.7. The lowest BCUT2D eigenvalue weighted by Gasteiger charge is -2.53. The number of nitrogens with zero attached hydrogens (tertiary/aromatic N) is 4. The van der Waals surface area contributed by atoms with E-state index in [4.69, 9.17) is 9.26 Å². The number of alkyl halides is 2. The van der Waals surface area contributed by atoms with Crippen LogP contribution in [-0.4, -0.2) is 83.9 Å². The third kappa shape index (κ3) is 6.38. The standard InChI is InChI=1S/C30H39F5N4O5S/c1-4-6-21-17(5-2)25(37-44-21)28(29(42)7-9-30(34,35)10-8-29)45-15-22(43-3)26(27(41)23(45)14-40)39-13-20(36-38-39)16-11-18(31)24(33)19(32)12-16/h11-13,22-23,26-28,40-42,45H,4-10,14-15H2,1-3H3/t22-,23+,26+,27-,28+/m0/s1. The van der Waals surface area contributed by atoms with Crippen LogP contribution in [0.15, 0.2) is 22.9 Å². The number of aliphatic hydroxyl groups is 3. The highest BCUT2D eigenvalue weighted by atomic mass is 32.2. The Hall–Kier alpha value is -2.59. The molecule has 1 aliphatic heterocycles. The van der Waals surface area contributed by atoms with Crippen LogP contribution in [-0.2, 0) is 17.6 Å². The van der Waals surface area contributed by atoms with Crippen molar-refractivity contribution in [1.82, 2.24) is 20.2 Å². The minimum atomic E-state index is -2.92. The van der Waals surface area contributed by atoms with Gasteiger partial charge >= 0.3 is 0 Å². The Kier molecular flexibility index (Phi) is 9.95. The summed E-state index contributed by atoms with van der Waals surface area (Å²) in [6, 6.07) is 0.637. The van der Waals surface area contributed by atoms with Gasteiger partial charge in [0, 0.05) is 48.5 Å². The molecule has 9 nitrogen and oxygen atoms in total. The maximum atomic E-state index is 14.3. The van der Waals surface area contributed by atoms with Crippen molar-refractivity contribution in [2.75, 3.05) is 19.5 Å². The molecule has 3 N–H and O–H groups in total. The van der Waals surface area contributed by atoms with Crippen molar-refractivity contribution in [3.05, 3.63) is 52.8 Å². The SMILES string of the molecule is CCCc1onc([C@@H]([SH]2C[C@H](OC)[C@@H](n3cc(-c4cc(F)c(F)c(F)c4)nn3)[C@@H](O)[C@H]2CO)C2(O)CCC(F)(F)CC2)c1CC. The molecule has 250 valence electrons. The molecule has 45 heavy (non-hydrogen) atoms. The van der Waals surface area contributed by atoms with E-state index in [0.717, 1.165) is 24.1 Å². The van der Waals surface area contributed by atoms with E-state index in [1.165, 1.54) is 18.0 Å². The average molecular weight is 663 g/mol. The first-order chi connectivity index (χ1) is 21.4. The van der Waals surface area contributed by atoms with Gasteiger partial charge in [-0.25, -0.2) is 37.5 Å². The zero-order valence-corrected chi connectivity index (χ0v) is 26.2. The quantitative estimate of drug-likeness (QED) is 0.138. The lowest BCUT2D eigenvalue weighted by molar-refractivity contribution is -0.105. The molecule has 1 saturated heterocycles. The molecule has 5 rings (SSSR count). The molecule has 1 aliphatic carbocycles. The van der Waals surface area contributed by atoms with E-state index in [1.54, 1.807) is 0 Å². The van der Waals surface area contributed by atoms with E-state index < -0.39 is 88.1 Å². The van der Waals surface area contributed by atoms with Gasteiger partial charge in [-0.2, -0.15) is 0 Å². The minimum Gasteiger partial charge on any atom is -0.395 e. The summed E-state index contributed by atoms with van der Waals surface area (Å²) in [6.07, 6.45) is -0.264. The number of aromatic nitrogens is 4. The Morgan fingerprint density at radius 2 is 1.80 bits per heavy atom. The Balaban J connectivity index is 1.54. The fraction of sp³-hybridized carbons (Fsp3) is 0.633. The number of aryl methyl sites for hydroxylation is 1. The highest BCUT2D eigenvalue weighted by Gasteiger charge is 2.55. The number of benzene rings is 1. The highest BCUT2D eigenvalue weighted by Crippen LogP contribution is 2.61. The van der Waals surface area contributed by atoms with Crippen molar-refractivity contribution in [3.63, 3.8) is 0 Å². The molecule has 2 fully saturated rings. The van der Waals surface area contributed by atoms with Gasteiger partial charge in [-0.1, -0.05) is 24.2 Å². The maximum absolute atomic E-state index is 14.3. The summed E-state index contributed by atoms with van der Waals surface area (Å²) in [7, 11) is -0.163. The summed E-state index contributed by atoms with van der Waals surface area (Å²) < 4.78 is 82.9. The number of hydrogen-bond donors (Lipinski definition) is 4. The first-order valence-electron chi connectivity index (χ1n) is 15.1. The Bertz CT molecular complexity index is 1460. The zero-order valence-electron chi connectivity index (χ0n) is 25.3. The monoisotopic (exact) mass is 662 g/mol. The molecule has 2 aliphatic rings. The van der Waals surface area contributed by atoms with Crippen LogP contribution in [0.2, 0.25) is 0 Å². The minimum absolute atomic E-state index is 0.0113. The van der Waals surface area contributed by atoms with Gasteiger partial charge in [0.2, 0.25) is 5.92 Å². The Labute approximate surface area is 260 Å². The highest BCUT2D eigenvalue weighted by molar-refractivity contribution is 8.18. The summed E-state index contributed by atoms with van der Waals surface area (Å²) in [6.45, 7) is 3.41. The van der Waals surface area contributed by atoms with Gasteiger partial charge in [0.1, 0.15) is 23.2 Å². The van der Waals surface area contributed by atoms with Crippen LogP contribution in [0.3, 0.4) is 0 Å². The largest absolute Gasteiger partial charge is 0.395 e. The number of ether oxygens (including phenoxy) is 1. The van der Waals surface area contributed by atoms with Gasteiger partial charge in [0.05, 0.1) is 35.9 Å². The van der Waals surface area contributed by atoms with Crippen LogP contribution < -0.4 is 0 Å². The molecule has 1 aromatic carbocycles.